The van der Waals surface area contributed by atoms with E-state index in [-0.39, 0.29) is 5.41 Å². The molecule has 0 fully saturated rings. The standard InChI is InChI=1S/C36H30N4/c1-36(2)29-19-11-9-17-25(29)27-22-32-28(21-30(27)36)26-18-10-12-20-31(26)40(32)35-38-33(23-13-5-3-6-14-23)37-34(39-35)24-15-7-4-8-16-24/h3-9,11,13-17,19,21-22H,10,12,18,20H2,1-2H3. The third kappa shape index (κ3) is 3.42. The Bertz CT molecular complexity index is 1860. The Balaban J connectivity index is 1.44. The Morgan fingerprint density at radius 1 is 0.625 bits per heavy atom. The highest BCUT2D eigenvalue weighted by Crippen LogP contribution is 2.51. The molecule has 0 atom stereocenters. The first-order valence-corrected chi connectivity index (χ1v) is 14.3. The zero-order valence-electron chi connectivity index (χ0n) is 22.9. The zero-order chi connectivity index (χ0) is 26.8. The molecule has 0 amide bonds. The minimum atomic E-state index is -0.0299. The molecule has 0 radical (unpaired) electrons. The molecule has 194 valence electrons. The Kier molecular flexibility index (Phi) is 5.09. The fraction of sp³-hybridized carbons (Fsp3) is 0.194. The van der Waals surface area contributed by atoms with Crippen LogP contribution in [-0.4, -0.2) is 19.5 Å². The lowest BCUT2D eigenvalue weighted by molar-refractivity contribution is 0.659. The molecule has 0 spiro atoms. The van der Waals surface area contributed by atoms with E-state index < -0.39 is 0 Å². The summed E-state index contributed by atoms with van der Waals surface area (Å²) in [4.78, 5) is 15.2. The van der Waals surface area contributed by atoms with E-state index in [1.54, 1.807) is 0 Å². The molecule has 4 aromatic carbocycles. The lowest BCUT2D eigenvalue weighted by Crippen LogP contribution is -2.14. The number of aromatic nitrogens is 4. The molecule has 0 bridgehead atoms. The van der Waals surface area contributed by atoms with Crippen molar-refractivity contribution in [2.75, 3.05) is 0 Å². The summed E-state index contributed by atoms with van der Waals surface area (Å²) in [6.45, 7) is 4.72. The average molecular weight is 519 g/mol. The van der Waals surface area contributed by atoms with Crippen LogP contribution < -0.4 is 0 Å². The molecule has 0 aliphatic heterocycles. The van der Waals surface area contributed by atoms with Crippen LogP contribution in [0, 0.1) is 0 Å². The molecule has 6 aromatic rings. The van der Waals surface area contributed by atoms with Gasteiger partial charge in [0.05, 0.1) is 5.52 Å². The number of aryl methyl sites for hydroxylation is 1. The monoisotopic (exact) mass is 518 g/mol. The Morgan fingerprint density at radius 2 is 1.25 bits per heavy atom. The van der Waals surface area contributed by atoms with Gasteiger partial charge in [-0.05, 0) is 65.6 Å². The van der Waals surface area contributed by atoms with Gasteiger partial charge in [0, 0.05) is 27.6 Å². The van der Waals surface area contributed by atoms with E-state index in [0.717, 1.165) is 24.0 Å². The zero-order valence-corrected chi connectivity index (χ0v) is 22.9. The van der Waals surface area contributed by atoms with E-state index in [0.29, 0.717) is 17.6 Å². The summed E-state index contributed by atoms with van der Waals surface area (Å²) in [6, 6.07) is 34.3. The Hall–Kier alpha value is -4.57. The molecule has 2 heterocycles. The molecule has 2 aliphatic carbocycles. The van der Waals surface area contributed by atoms with Crippen molar-refractivity contribution in [3.8, 4) is 39.9 Å². The molecular weight excluding hydrogens is 488 g/mol. The Morgan fingerprint density at radius 3 is 1.95 bits per heavy atom. The first-order chi connectivity index (χ1) is 19.6. The van der Waals surface area contributed by atoms with E-state index in [1.165, 1.54) is 57.3 Å². The molecule has 2 aromatic heterocycles. The molecule has 2 aliphatic rings. The van der Waals surface area contributed by atoms with E-state index >= 15 is 0 Å². The maximum Gasteiger partial charge on any atom is 0.238 e. The third-order valence-electron chi connectivity index (χ3n) is 8.86. The van der Waals surface area contributed by atoms with Crippen molar-refractivity contribution in [3.05, 3.63) is 119 Å². The summed E-state index contributed by atoms with van der Waals surface area (Å²) in [5.74, 6) is 2.10. The van der Waals surface area contributed by atoms with Crippen molar-refractivity contribution < 1.29 is 0 Å². The maximum absolute atomic E-state index is 5.14. The fourth-order valence-electron chi connectivity index (χ4n) is 6.86. The van der Waals surface area contributed by atoms with E-state index in [2.05, 4.69) is 79.1 Å². The Labute approximate surface area is 234 Å². The molecule has 8 rings (SSSR count). The predicted octanol–water partition coefficient (Wildman–Crippen LogP) is 8.33. The number of hydrogen-bond acceptors (Lipinski definition) is 3. The van der Waals surface area contributed by atoms with Crippen LogP contribution in [-0.2, 0) is 18.3 Å². The fourth-order valence-corrected chi connectivity index (χ4v) is 6.86. The van der Waals surface area contributed by atoms with Gasteiger partial charge in [-0.3, -0.25) is 4.57 Å². The van der Waals surface area contributed by atoms with Crippen molar-refractivity contribution in [3.63, 3.8) is 0 Å². The van der Waals surface area contributed by atoms with Gasteiger partial charge in [0.1, 0.15) is 0 Å². The van der Waals surface area contributed by atoms with E-state index in [1.807, 2.05) is 36.4 Å². The van der Waals surface area contributed by atoms with Crippen molar-refractivity contribution in [2.45, 2.75) is 44.9 Å². The number of fused-ring (bicyclic) bond motifs is 6. The molecule has 0 unspecified atom stereocenters. The van der Waals surface area contributed by atoms with Gasteiger partial charge < -0.3 is 0 Å². The largest absolute Gasteiger partial charge is 0.282 e. The van der Waals surface area contributed by atoms with Crippen molar-refractivity contribution in [2.24, 2.45) is 0 Å². The van der Waals surface area contributed by atoms with Gasteiger partial charge in [-0.15, -0.1) is 0 Å². The molecule has 0 saturated heterocycles. The van der Waals surface area contributed by atoms with Crippen molar-refractivity contribution in [1.82, 2.24) is 19.5 Å². The highest BCUT2D eigenvalue weighted by atomic mass is 15.2. The number of hydrogen-bond donors (Lipinski definition) is 0. The smallest absolute Gasteiger partial charge is 0.238 e. The lowest BCUT2D eigenvalue weighted by atomic mass is 9.82. The average Bonchev–Trinajstić information content (AvgIpc) is 3.45. The molecule has 0 saturated carbocycles. The van der Waals surface area contributed by atoms with Gasteiger partial charge >= 0.3 is 0 Å². The first-order valence-electron chi connectivity index (χ1n) is 14.3. The predicted molar refractivity (Wildman–Crippen MR) is 162 cm³/mol. The van der Waals surface area contributed by atoms with Gasteiger partial charge in [0.15, 0.2) is 11.6 Å². The van der Waals surface area contributed by atoms with E-state index in [9.17, 15) is 0 Å². The van der Waals surface area contributed by atoms with Gasteiger partial charge in [-0.25, -0.2) is 4.98 Å². The number of rotatable bonds is 3. The second-order valence-electron chi connectivity index (χ2n) is 11.6. The second kappa shape index (κ2) is 8.72. The van der Waals surface area contributed by atoms with E-state index in [4.69, 9.17) is 15.0 Å². The summed E-state index contributed by atoms with van der Waals surface area (Å²) in [5, 5.41) is 1.34. The van der Waals surface area contributed by atoms with Crippen molar-refractivity contribution >= 4 is 10.9 Å². The van der Waals surface area contributed by atoms with Crippen LogP contribution in [0.3, 0.4) is 0 Å². The molecule has 0 N–H and O–H groups in total. The highest BCUT2D eigenvalue weighted by molar-refractivity contribution is 5.95. The molecule has 40 heavy (non-hydrogen) atoms. The second-order valence-corrected chi connectivity index (χ2v) is 11.6. The van der Waals surface area contributed by atoms with Crippen LogP contribution >= 0.6 is 0 Å². The molecule has 4 heteroatoms. The highest BCUT2D eigenvalue weighted by Gasteiger charge is 2.37. The van der Waals surface area contributed by atoms with Crippen molar-refractivity contribution in [1.29, 1.82) is 0 Å². The lowest BCUT2D eigenvalue weighted by Gasteiger charge is -2.21. The summed E-state index contributed by atoms with van der Waals surface area (Å²) in [7, 11) is 0. The van der Waals surface area contributed by atoms with Crippen LogP contribution in [0.25, 0.3) is 50.8 Å². The van der Waals surface area contributed by atoms with Crippen LogP contribution in [0.5, 0.6) is 0 Å². The summed E-state index contributed by atoms with van der Waals surface area (Å²) in [6.07, 6.45) is 4.52. The number of nitrogens with zero attached hydrogens (tertiary/aromatic N) is 4. The van der Waals surface area contributed by atoms with Gasteiger partial charge in [0.25, 0.3) is 0 Å². The van der Waals surface area contributed by atoms with Gasteiger partial charge in [-0.2, -0.15) is 9.97 Å². The topological polar surface area (TPSA) is 43.6 Å². The third-order valence-corrected chi connectivity index (χ3v) is 8.86. The first kappa shape index (κ1) is 23.3. The SMILES string of the molecule is CC1(C)c2ccccc2-c2cc3c(cc21)c1c(n3-c2nc(-c3ccccc3)nc(-c3ccccc3)n2)CCCC1. The summed E-state index contributed by atoms with van der Waals surface area (Å²) < 4.78 is 2.35. The summed E-state index contributed by atoms with van der Waals surface area (Å²) in [5.41, 5.74) is 11.4. The minimum absolute atomic E-state index is 0.0299. The normalized spacial score (nSPS) is 15.1. The van der Waals surface area contributed by atoms with Crippen LogP contribution in [0.1, 0.15) is 49.1 Å². The van der Waals surface area contributed by atoms with Crippen LogP contribution in [0.4, 0.5) is 0 Å². The van der Waals surface area contributed by atoms with Crippen LogP contribution in [0.15, 0.2) is 97.1 Å². The quantitative estimate of drug-likeness (QED) is 0.236. The van der Waals surface area contributed by atoms with Crippen LogP contribution in [0.2, 0.25) is 0 Å². The molecular formula is C36H30N4. The number of benzene rings is 4. The maximum atomic E-state index is 5.14. The van der Waals surface area contributed by atoms with Gasteiger partial charge in [0.2, 0.25) is 5.95 Å². The molecule has 4 nitrogen and oxygen atoms in total. The summed E-state index contributed by atoms with van der Waals surface area (Å²) >= 11 is 0. The van der Waals surface area contributed by atoms with Gasteiger partial charge in [-0.1, -0.05) is 98.8 Å². The minimum Gasteiger partial charge on any atom is -0.282 e.